The number of rotatable bonds is 4. The lowest BCUT2D eigenvalue weighted by Gasteiger charge is -2.15. The van der Waals surface area contributed by atoms with Crippen LogP contribution in [0.4, 0.5) is 32.0 Å². The first kappa shape index (κ1) is 20.3. The predicted octanol–water partition coefficient (Wildman–Crippen LogP) is 4.31. The Morgan fingerprint density at radius 3 is 2.33 bits per heavy atom. The number of ether oxygens (including phenoxy) is 1. The van der Waals surface area contributed by atoms with Gasteiger partial charge in [0, 0.05) is 0 Å². The van der Waals surface area contributed by atoms with E-state index in [4.69, 9.17) is 4.74 Å². The van der Waals surface area contributed by atoms with E-state index in [0.29, 0.717) is 12.1 Å². The van der Waals surface area contributed by atoms with Crippen LogP contribution in [0, 0.1) is 17.5 Å². The third-order valence-electron chi connectivity index (χ3n) is 3.37. The summed E-state index contributed by atoms with van der Waals surface area (Å²) in [6, 6.07) is 4.67. The minimum absolute atomic E-state index is 0.455. The van der Waals surface area contributed by atoms with Crippen molar-refractivity contribution < 1.29 is 40.7 Å². The molecule has 10 heteroatoms. The van der Waals surface area contributed by atoms with E-state index in [0.717, 1.165) is 31.2 Å². The van der Waals surface area contributed by atoms with Crippen LogP contribution in [0.5, 0.6) is 0 Å². The van der Waals surface area contributed by atoms with Gasteiger partial charge in [0.1, 0.15) is 0 Å². The molecule has 0 spiro atoms. The molecule has 0 aromatic heterocycles. The minimum atomic E-state index is -4.68. The monoisotopic (exact) mass is 391 g/mol. The first-order chi connectivity index (χ1) is 12.5. The highest BCUT2D eigenvalue weighted by molar-refractivity contribution is 5.97. The number of esters is 1. The van der Waals surface area contributed by atoms with Gasteiger partial charge in [-0.05, 0) is 37.3 Å². The predicted molar refractivity (Wildman–Crippen MR) is 81.3 cm³/mol. The molecule has 1 atom stereocenters. The third kappa shape index (κ3) is 4.78. The molecule has 27 heavy (non-hydrogen) atoms. The van der Waals surface area contributed by atoms with E-state index >= 15 is 0 Å². The minimum Gasteiger partial charge on any atom is -0.449 e. The van der Waals surface area contributed by atoms with Crippen molar-refractivity contribution in [2.75, 3.05) is 5.32 Å². The molecule has 2 rings (SSSR count). The molecule has 0 saturated heterocycles. The lowest BCUT2D eigenvalue weighted by Crippen LogP contribution is -2.30. The molecule has 0 saturated carbocycles. The number of alkyl halides is 3. The first-order valence-corrected chi connectivity index (χ1v) is 7.33. The zero-order chi connectivity index (χ0) is 20.4. The highest BCUT2D eigenvalue weighted by Crippen LogP contribution is 2.29. The average molecular weight is 391 g/mol. The molecule has 1 amide bonds. The Hall–Kier alpha value is -3.04. The fourth-order valence-corrected chi connectivity index (χ4v) is 1.96. The van der Waals surface area contributed by atoms with Crippen molar-refractivity contribution in [3.8, 4) is 0 Å². The number of nitrogens with one attached hydrogen (secondary N) is 1. The molecule has 144 valence electrons. The number of benzene rings is 2. The topological polar surface area (TPSA) is 55.4 Å². The first-order valence-electron chi connectivity index (χ1n) is 7.33. The summed E-state index contributed by atoms with van der Waals surface area (Å²) in [5, 5.41) is 1.89. The fraction of sp³-hybridized carbons (Fsp3) is 0.176. The molecule has 0 unspecified atom stereocenters. The molecule has 0 aliphatic heterocycles. The highest BCUT2D eigenvalue weighted by atomic mass is 19.4. The molecular formula is C17H11F6NO3. The summed E-state index contributed by atoms with van der Waals surface area (Å²) in [6.07, 6.45) is -6.23. The third-order valence-corrected chi connectivity index (χ3v) is 3.37. The van der Waals surface area contributed by atoms with E-state index < -0.39 is 58.4 Å². The van der Waals surface area contributed by atoms with Crippen LogP contribution in [-0.2, 0) is 15.7 Å². The van der Waals surface area contributed by atoms with Crippen LogP contribution >= 0.6 is 0 Å². The maximum Gasteiger partial charge on any atom is 0.416 e. The van der Waals surface area contributed by atoms with Crippen LogP contribution in [-0.4, -0.2) is 18.0 Å². The fourth-order valence-electron chi connectivity index (χ4n) is 1.96. The van der Waals surface area contributed by atoms with E-state index in [-0.39, 0.29) is 0 Å². The number of hydrogen-bond acceptors (Lipinski definition) is 3. The maximum absolute atomic E-state index is 13.5. The van der Waals surface area contributed by atoms with Gasteiger partial charge in [0.25, 0.3) is 5.91 Å². The quantitative estimate of drug-likeness (QED) is 0.480. The summed E-state index contributed by atoms with van der Waals surface area (Å²) in [4.78, 5) is 23.8. The van der Waals surface area contributed by atoms with E-state index in [1.807, 2.05) is 5.32 Å². The molecule has 2 aromatic carbocycles. The molecule has 0 aliphatic rings. The number of hydrogen-bond donors (Lipinski definition) is 1. The van der Waals surface area contributed by atoms with Crippen molar-refractivity contribution in [1.29, 1.82) is 0 Å². The van der Waals surface area contributed by atoms with Crippen molar-refractivity contribution in [3.63, 3.8) is 0 Å². The lowest BCUT2D eigenvalue weighted by molar-refractivity contribution is -0.137. The van der Waals surface area contributed by atoms with Crippen molar-refractivity contribution in [2.45, 2.75) is 19.2 Å². The highest BCUT2D eigenvalue weighted by Gasteiger charge is 2.31. The van der Waals surface area contributed by atoms with E-state index in [1.165, 1.54) is 0 Å². The Balaban J connectivity index is 2.08. The lowest BCUT2D eigenvalue weighted by atomic mass is 10.1. The van der Waals surface area contributed by atoms with Gasteiger partial charge >= 0.3 is 12.1 Å². The Bertz CT molecular complexity index is 881. The van der Waals surface area contributed by atoms with Gasteiger partial charge in [0.15, 0.2) is 23.6 Å². The van der Waals surface area contributed by atoms with Crippen LogP contribution in [0.2, 0.25) is 0 Å². The van der Waals surface area contributed by atoms with Crippen molar-refractivity contribution >= 4 is 17.6 Å². The smallest absolute Gasteiger partial charge is 0.416 e. The number of amides is 1. The Labute approximate surface area is 148 Å². The van der Waals surface area contributed by atoms with Gasteiger partial charge in [-0.1, -0.05) is 6.07 Å². The van der Waals surface area contributed by atoms with Gasteiger partial charge in [-0.25, -0.2) is 18.0 Å². The number of carbonyl (C=O) groups excluding carboxylic acids is 2. The normalized spacial score (nSPS) is 12.4. The van der Waals surface area contributed by atoms with Crippen LogP contribution < -0.4 is 5.32 Å². The molecule has 0 aliphatic carbocycles. The second-order valence-corrected chi connectivity index (χ2v) is 5.34. The van der Waals surface area contributed by atoms with Crippen LogP contribution in [0.25, 0.3) is 0 Å². The van der Waals surface area contributed by atoms with Gasteiger partial charge < -0.3 is 10.1 Å². The van der Waals surface area contributed by atoms with Crippen molar-refractivity contribution in [1.82, 2.24) is 0 Å². The van der Waals surface area contributed by atoms with E-state index in [2.05, 4.69) is 0 Å². The van der Waals surface area contributed by atoms with Gasteiger partial charge in [0.2, 0.25) is 0 Å². The molecule has 0 heterocycles. The summed E-state index contributed by atoms with van der Waals surface area (Å²) in [5.74, 6) is -7.24. The zero-order valence-corrected chi connectivity index (χ0v) is 13.5. The van der Waals surface area contributed by atoms with E-state index in [1.54, 1.807) is 0 Å². The number of carbonyl (C=O) groups is 2. The second-order valence-electron chi connectivity index (χ2n) is 5.34. The van der Waals surface area contributed by atoms with Crippen LogP contribution in [0.1, 0.15) is 22.8 Å². The maximum atomic E-state index is 13.5. The summed E-state index contributed by atoms with van der Waals surface area (Å²) >= 11 is 0. The Morgan fingerprint density at radius 1 is 1.04 bits per heavy atom. The number of halogens is 6. The van der Waals surface area contributed by atoms with Gasteiger partial charge in [0.05, 0.1) is 16.8 Å². The molecule has 2 aromatic rings. The molecule has 1 N–H and O–H groups in total. The molecule has 4 nitrogen and oxygen atoms in total. The van der Waals surface area contributed by atoms with Crippen LogP contribution in [0.3, 0.4) is 0 Å². The average Bonchev–Trinajstić information content (AvgIpc) is 2.61. The molecule has 0 bridgehead atoms. The summed E-state index contributed by atoms with van der Waals surface area (Å²) in [7, 11) is 0. The number of anilines is 1. The SMILES string of the molecule is C[C@H](OC(=O)c1cccc(C(F)(F)F)c1)C(=O)Nc1ccc(F)c(F)c1F. The Morgan fingerprint density at radius 2 is 1.70 bits per heavy atom. The zero-order valence-electron chi connectivity index (χ0n) is 13.5. The van der Waals surface area contributed by atoms with Crippen molar-refractivity contribution in [3.05, 3.63) is 65.0 Å². The Kier molecular flexibility index (Phi) is 5.77. The largest absolute Gasteiger partial charge is 0.449 e. The van der Waals surface area contributed by atoms with E-state index in [9.17, 15) is 35.9 Å². The molecule has 0 fully saturated rings. The summed E-state index contributed by atoms with van der Waals surface area (Å²) in [6.45, 7) is 1.07. The summed E-state index contributed by atoms with van der Waals surface area (Å²) in [5.41, 5.74) is -2.23. The van der Waals surface area contributed by atoms with Gasteiger partial charge in [-0.2, -0.15) is 13.2 Å². The summed E-state index contributed by atoms with van der Waals surface area (Å²) < 4.78 is 82.2. The van der Waals surface area contributed by atoms with Crippen LogP contribution in [0.15, 0.2) is 36.4 Å². The van der Waals surface area contributed by atoms with Gasteiger partial charge in [-0.3, -0.25) is 4.79 Å². The molecule has 0 radical (unpaired) electrons. The van der Waals surface area contributed by atoms with Crippen molar-refractivity contribution in [2.24, 2.45) is 0 Å². The second kappa shape index (κ2) is 7.68. The molecular weight excluding hydrogens is 380 g/mol. The van der Waals surface area contributed by atoms with Gasteiger partial charge in [-0.15, -0.1) is 0 Å². The standard InChI is InChI=1S/C17H11F6NO3/c1-8(15(25)24-12-6-5-11(18)13(19)14(12)20)27-16(26)9-3-2-4-10(7-9)17(21,22)23/h2-8H,1H3,(H,24,25)/t8-/m0/s1.